The van der Waals surface area contributed by atoms with E-state index in [1.54, 1.807) is 0 Å². The van der Waals surface area contributed by atoms with Crippen molar-refractivity contribution >= 4 is 29.3 Å². The van der Waals surface area contributed by atoms with Crippen molar-refractivity contribution in [2.24, 2.45) is 11.3 Å². The van der Waals surface area contributed by atoms with Crippen molar-refractivity contribution in [3.05, 3.63) is 46.0 Å². The minimum absolute atomic E-state index is 0.00787. The number of nitrogens with zero attached hydrogens (tertiary/aromatic N) is 4. The number of amides is 1. The van der Waals surface area contributed by atoms with Gasteiger partial charge in [-0.25, -0.2) is 0 Å². The Morgan fingerprint density at radius 1 is 1.11 bits per heavy atom. The number of carbonyl (C=O) groups excluding carboxylic acids is 2. The van der Waals surface area contributed by atoms with Crippen LogP contribution >= 0.6 is 11.6 Å². The van der Waals surface area contributed by atoms with Crippen LogP contribution in [0.3, 0.4) is 0 Å². The Morgan fingerprint density at radius 3 is 2.26 bits per heavy atom. The standard InChI is InChI=1S/C26H32ClF3N4O4/c1-5-15-10-31-12-19(27)21(15)20(35)13-33(14-25(2,3)4)23(36)18-11-32-34(22(18)26(28,29)30)17-8-6-16(7-9-17)24(37)38/h10-12,16-17H,5-9,13-14H2,1-4H3,(H,37,38)/t16-,17+. The number of hydrogen-bond donors (Lipinski definition) is 1. The molecule has 1 aliphatic carbocycles. The van der Waals surface area contributed by atoms with E-state index in [1.807, 2.05) is 27.7 Å². The highest BCUT2D eigenvalue weighted by atomic mass is 35.5. The number of ketones is 1. The molecule has 0 atom stereocenters. The number of Topliss-reactive ketones (excluding diaryl/α,β-unsaturated/α-hetero) is 1. The molecule has 1 saturated carbocycles. The monoisotopic (exact) mass is 556 g/mol. The van der Waals surface area contributed by atoms with E-state index in [2.05, 4.69) is 10.1 Å². The van der Waals surface area contributed by atoms with Gasteiger partial charge in [0.25, 0.3) is 5.91 Å². The zero-order valence-corrected chi connectivity index (χ0v) is 22.6. The largest absolute Gasteiger partial charge is 0.481 e. The zero-order valence-electron chi connectivity index (χ0n) is 21.8. The van der Waals surface area contributed by atoms with Gasteiger partial charge in [0.1, 0.15) is 0 Å². The van der Waals surface area contributed by atoms with Crippen LogP contribution in [0.4, 0.5) is 13.2 Å². The predicted molar refractivity (Wildman–Crippen MR) is 134 cm³/mol. The molecule has 12 heteroatoms. The Labute approximate surface area is 224 Å². The molecule has 1 aliphatic rings. The van der Waals surface area contributed by atoms with Crippen molar-refractivity contribution in [1.82, 2.24) is 19.7 Å². The molecule has 1 N–H and O–H groups in total. The maximum atomic E-state index is 14.3. The second-order valence-corrected chi connectivity index (χ2v) is 11.3. The molecule has 2 aromatic rings. The molecular weight excluding hydrogens is 525 g/mol. The fraction of sp³-hybridized carbons (Fsp3) is 0.577. The summed E-state index contributed by atoms with van der Waals surface area (Å²) in [7, 11) is 0. The van der Waals surface area contributed by atoms with Crippen molar-refractivity contribution in [2.75, 3.05) is 13.1 Å². The van der Waals surface area contributed by atoms with Crippen LogP contribution in [0.25, 0.3) is 0 Å². The second-order valence-electron chi connectivity index (χ2n) is 10.8. The summed E-state index contributed by atoms with van der Waals surface area (Å²) < 4.78 is 43.8. The summed E-state index contributed by atoms with van der Waals surface area (Å²) in [4.78, 5) is 43.3. The lowest BCUT2D eigenvalue weighted by Crippen LogP contribution is -2.42. The maximum Gasteiger partial charge on any atom is 0.433 e. The first-order chi connectivity index (χ1) is 17.6. The first-order valence-corrected chi connectivity index (χ1v) is 12.8. The van der Waals surface area contributed by atoms with Crippen LogP contribution in [-0.4, -0.2) is 55.5 Å². The summed E-state index contributed by atoms with van der Waals surface area (Å²) in [5, 5.41) is 13.3. The number of aryl methyl sites for hydroxylation is 1. The summed E-state index contributed by atoms with van der Waals surface area (Å²) in [6.45, 7) is 6.78. The molecule has 0 unspecified atom stereocenters. The number of aromatic nitrogens is 3. The second kappa shape index (κ2) is 11.4. The molecule has 0 aromatic carbocycles. The van der Waals surface area contributed by atoms with Gasteiger partial charge in [-0.2, -0.15) is 18.3 Å². The Balaban J connectivity index is 1.98. The fourth-order valence-corrected chi connectivity index (χ4v) is 5.18. The number of carboxylic acids is 1. The van der Waals surface area contributed by atoms with Crippen LogP contribution in [0.2, 0.25) is 5.02 Å². The SMILES string of the molecule is CCc1cncc(Cl)c1C(=O)CN(CC(C)(C)C)C(=O)c1cnn([C@H]2CC[C@@H](C(=O)O)CC2)c1C(F)(F)F. The third-order valence-electron chi connectivity index (χ3n) is 6.61. The first-order valence-electron chi connectivity index (χ1n) is 12.5. The number of alkyl halides is 3. The molecule has 8 nitrogen and oxygen atoms in total. The van der Waals surface area contributed by atoms with Crippen molar-refractivity contribution in [1.29, 1.82) is 0 Å². The predicted octanol–water partition coefficient (Wildman–Crippen LogP) is 5.70. The molecule has 0 spiro atoms. The lowest BCUT2D eigenvalue weighted by molar-refractivity contribution is -0.147. The number of aliphatic carboxylic acids is 1. The topological polar surface area (TPSA) is 105 Å². The number of pyridine rings is 1. The highest BCUT2D eigenvalue weighted by Gasteiger charge is 2.43. The van der Waals surface area contributed by atoms with Crippen LogP contribution in [0.1, 0.15) is 91.4 Å². The van der Waals surface area contributed by atoms with Gasteiger partial charge in [0.05, 0.1) is 35.3 Å². The summed E-state index contributed by atoms with van der Waals surface area (Å²) >= 11 is 6.23. The third kappa shape index (κ3) is 6.73. The number of carboxylic acid groups (broad SMARTS) is 1. The van der Waals surface area contributed by atoms with E-state index < -0.39 is 59.0 Å². The quantitative estimate of drug-likeness (QED) is 0.418. The van der Waals surface area contributed by atoms with Gasteiger partial charge >= 0.3 is 12.1 Å². The normalized spacial score (nSPS) is 18.3. The van der Waals surface area contributed by atoms with Gasteiger partial charge in [-0.05, 0) is 43.1 Å². The number of rotatable bonds is 8. The minimum atomic E-state index is -4.90. The van der Waals surface area contributed by atoms with Crippen LogP contribution in [0.5, 0.6) is 0 Å². The van der Waals surface area contributed by atoms with Crippen LogP contribution < -0.4 is 0 Å². The molecule has 3 rings (SSSR count). The number of halogens is 4. The molecule has 0 radical (unpaired) electrons. The van der Waals surface area contributed by atoms with Gasteiger partial charge < -0.3 is 10.0 Å². The smallest absolute Gasteiger partial charge is 0.433 e. The average molecular weight is 557 g/mol. The third-order valence-corrected chi connectivity index (χ3v) is 6.90. The number of carbonyl (C=O) groups is 3. The number of hydrogen-bond acceptors (Lipinski definition) is 5. The van der Waals surface area contributed by atoms with Crippen molar-refractivity contribution < 1.29 is 32.7 Å². The van der Waals surface area contributed by atoms with Crippen LogP contribution in [-0.2, 0) is 17.4 Å². The highest BCUT2D eigenvalue weighted by Crippen LogP contribution is 2.39. The summed E-state index contributed by atoms with van der Waals surface area (Å²) in [6.07, 6.45) is 0.0955. The van der Waals surface area contributed by atoms with E-state index in [0.29, 0.717) is 12.0 Å². The van der Waals surface area contributed by atoms with E-state index >= 15 is 0 Å². The zero-order chi connectivity index (χ0) is 28.4. The Morgan fingerprint density at radius 2 is 1.74 bits per heavy atom. The lowest BCUT2D eigenvalue weighted by Gasteiger charge is -2.31. The van der Waals surface area contributed by atoms with Gasteiger partial charge in [0, 0.05) is 24.5 Å². The van der Waals surface area contributed by atoms with E-state index in [-0.39, 0.29) is 42.8 Å². The Bertz CT molecular complexity index is 1200. The van der Waals surface area contributed by atoms with Crippen LogP contribution in [0.15, 0.2) is 18.6 Å². The van der Waals surface area contributed by atoms with E-state index in [9.17, 15) is 32.7 Å². The molecule has 0 saturated heterocycles. The summed E-state index contributed by atoms with van der Waals surface area (Å²) in [5.74, 6) is -3.05. The van der Waals surface area contributed by atoms with E-state index in [0.717, 1.165) is 15.8 Å². The van der Waals surface area contributed by atoms with Gasteiger partial charge in [-0.3, -0.25) is 24.0 Å². The minimum Gasteiger partial charge on any atom is -0.481 e. The maximum absolute atomic E-state index is 14.3. The molecule has 208 valence electrons. The van der Waals surface area contributed by atoms with Gasteiger partial charge in [0.2, 0.25) is 0 Å². The molecule has 0 aliphatic heterocycles. The van der Waals surface area contributed by atoms with Crippen molar-refractivity contribution in [3.8, 4) is 0 Å². The fourth-order valence-electron chi connectivity index (χ4n) is 4.90. The summed E-state index contributed by atoms with van der Waals surface area (Å²) in [6, 6.07) is -0.691. The van der Waals surface area contributed by atoms with Gasteiger partial charge in [0.15, 0.2) is 11.5 Å². The molecule has 1 amide bonds. The van der Waals surface area contributed by atoms with Gasteiger partial charge in [-0.1, -0.05) is 39.3 Å². The molecule has 2 aromatic heterocycles. The van der Waals surface area contributed by atoms with Crippen LogP contribution in [0, 0.1) is 11.3 Å². The molecule has 1 fully saturated rings. The molecule has 0 bridgehead atoms. The van der Waals surface area contributed by atoms with Crippen molar-refractivity contribution in [3.63, 3.8) is 0 Å². The van der Waals surface area contributed by atoms with E-state index in [1.165, 1.54) is 12.4 Å². The van der Waals surface area contributed by atoms with E-state index in [4.69, 9.17) is 11.6 Å². The highest BCUT2D eigenvalue weighted by molar-refractivity contribution is 6.34. The van der Waals surface area contributed by atoms with Crippen molar-refractivity contribution in [2.45, 2.75) is 72.0 Å². The first kappa shape index (κ1) is 29.6. The summed E-state index contributed by atoms with van der Waals surface area (Å²) in [5.41, 5.74) is -1.60. The van der Waals surface area contributed by atoms with Gasteiger partial charge in [-0.15, -0.1) is 0 Å². The molecule has 2 heterocycles. The molecular formula is C26H32ClF3N4O4. The Kier molecular flexibility index (Phi) is 8.90. The lowest BCUT2D eigenvalue weighted by atomic mass is 9.86. The Hall–Kier alpha value is -2.95. The molecule has 38 heavy (non-hydrogen) atoms. The average Bonchev–Trinajstić information content (AvgIpc) is 3.28.